The monoisotopic (exact) mass is 416 g/mol. The third-order valence-electron chi connectivity index (χ3n) is 5.00. The molecule has 0 radical (unpaired) electrons. The first-order valence-electron chi connectivity index (χ1n) is 9.51. The van der Waals surface area contributed by atoms with Gasteiger partial charge >= 0.3 is 6.01 Å². The number of likely N-dealkylation sites (N-methyl/N-ethyl adjacent to an activating group) is 1. The molecule has 0 aliphatic carbocycles. The maximum absolute atomic E-state index is 13.9. The zero-order chi connectivity index (χ0) is 20.5. The van der Waals surface area contributed by atoms with E-state index in [1.165, 1.54) is 6.07 Å². The van der Waals surface area contributed by atoms with E-state index in [0.717, 1.165) is 24.2 Å². The van der Waals surface area contributed by atoms with Crippen molar-refractivity contribution in [3.05, 3.63) is 46.6 Å². The van der Waals surface area contributed by atoms with Gasteiger partial charge in [0.1, 0.15) is 11.9 Å². The minimum absolute atomic E-state index is 0.0620. The van der Waals surface area contributed by atoms with E-state index in [4.69, 9.17) is 16.0 Å². The molecule has 0 saturated carbocycles. The highest BCUT2D eigenvalue weighted by molar-refractivity contribution is 6.31. The molecule has 4 rings (SSSR count). The Balaban J connectivity index is 1.59. The van der Waals surface area contributed by atoms with Crippen molar-refractivity contribution in [1.82, 2.24) is 14.9 Å². The molecule has 2 N–H and O–H groups in total. The molecule has 0 bridgehead atoms. The van der Waals surface area contributed by atoms with E-state index in [9.17, 15) is 9.50 Å². The number of nitrogens with zero attached hydrogens (tertiary/aromatic N) is 3. The van der Waals surface area contributed by atoms with Crippen LogP contribution >= 0.6 is 11.6 Å². The average Bonchev–Trinajstić information content (AvgIpc) is 3.07. The number of aryl methyl sites for hydroxylation is 1. The van der Waals surface area contributed by atoms with Crippen LogP contribution in [0.2, 0.25) is 5.02 Å². The topological polar surface area (TPSA) is 74.4 Å². The van der Waals surface area contributed by atoms with Crippen LogP contribution in [-0.2, 0) is 0 Å². The van der Waals surface area contributed by atoms with Crippen molar-refractivity contribution < 1.29 is 13.9 Å². The molecule has 1 atom stereocenters. The van der Waals surface area contributed by atoms with E-state index in [1.54, 1.807) is 24.4 Å². The van der Waals surface area contributed by atoms with Gasteiger partial charge < -0.3 is 14.8 Å². The Bertz CT molecular complexity index is 1060. The van der Waals surface area contributed by atoms with E-state index in [1.807, 2.05) is 13.8 Å². The normalized spacial score (nSPS) is 19.2. The van der Waals surface area contributed by atoms with Crippen LogP contribution in [0.4, 0.5) is 10.4 Å². The molecule has 1 aliphatic heterocycles. The summed E-state index contributed by atoms with van der Waals surface area (Å²) in [5, 5.41) is 13.8. The number of aromatic nitrogens is 2. The van der Waals surface area contributed by atoms with Gasteiger partial charge in [-0.15, -0.1) is 0 Å². The van der Waals surface area contributed by atoms with Crippen LogP contribution in [0.3, 0.4) is 0 Å². The number of benzene rings is 1. The van der Waals surface area contributed by atoms with Crippen LogP contribution in [0.25, 0.3) is 22.5 Å². The lowest BCUT2D eigenvalue weighted by Crippen LogP contribution is -2.37. The number of likely N-dealkylation sites (tertiary alicyclic amines) is 1. The summed E-state index contributed by atoms with van der Waals surface area (Å²) in [5.74, 6) is 0.0620. The van der Waals surface area contributed by atoms with E-state index in [0.29, 0.717) is 46.5 Å². The van der Waals surface area contributed by atoms with Crippen LogP contribution in [0.5, 0.6) is 5.75 Å². The summed E-state index contributed by atoms with van der Waals surface area (Å²) in [7, 11) is 0. The Morgan fingerprint density at radius 2 is 2.21 bits per heavy atom. The van der Waals surface area contributed by atoms with Crippen molar-refractivity contribution in [3.8, 4) is 17.0 Å². The molecule has 0 amide bonds. The Hall–Kier alpha value is -2.64. The number of hydrogen-bond donors (Lipinski definition) is 2. The standard InChI is InChI=1S/C21H22ClFN4O2/c1-3-27-10-13(7-15(23)11-27)9-24-21-26-20-18(29-21)5-4-16(25-20)19-12(2)6-14(22)8-17(19)28/h4-6,8-9,15,28H,3,7,10-11H2,1-2H3,(H,24,25,26)/t15-/m0/s1. The van der Waals surface area contributed by atoms with Gasteiger partial charge in [0.15, 0.2) is 5.58 Å². The van der Waals surface area contributed by atoms with Crippen LogP contribution < -0.4 is 5.32 Å². The van der Waals surface area contributed by atoms with Gasteiger partial charge in [-0.05, 0) is 48.9 Å². The fraction of sp³-hybridized carbons (Fsp3) is 0.333. The summed E-state index contributed by atoms with van der Waals surface area (Å²) in [6.07, 6.45) is 1.30. The molecular weight excluding hydrogens is 395 g/mol. The number of phenols is 1. The molecule has 8 heteroatoms. The number of aromatic hydroxyl groups is 1. The van der Waals surface area contributed by atoms with Crippen LogP contribution in [0.15, 0.2) is 40.5 Å². The van der Waals surface area contributed by atoms with Crippen molar-refractivity contribution in [3.63, 3.8) is 0 Å². The number of halogens is 2. The largest absolute Gasteiger partial charge is 0.507 e. The number of oxazole rings is 1. The number of phenolic OH excluding ortho intramolecular Hbond substituents is 1. The molecule has 152 valence electrons. The van der Waals surface area contributed by atoms with Gasteiger partial charge in [-0.25, -0.2) is 9.37 Å². The van der Waals surface area contributed by atoms with Crippen molar-refractivity contribution in [2.75, 3.05) is 25.0 Å². The van der Waals surface area contributed by atoms with Gasteiger partial charge in [0.05, 0.1) is 5.69 Å². The number of anilines is 1. The molecule has 2 aromatic heterocycles. The number of hydrogen-bond acceptors (Lipinski definition) is 6. The Labute approximate surface area is 173 Å². The molecule has 1 aliphatic rings. The number of rotatable bonds is 4. The predicted molar refractivity (Wildman–Crippen MR) is 112 cm³/mol. The number of fused-ring (bicyclic) bond motifs is 1. The fourth-order valence-electron chi connectivity index (χ4n) is 3.63. The van der Waals surface area contributed by atoms with E-state index in [2.05, 4.69) is 20.2 Å². The van der Waals surface area contributed by atoms with Gasteiger partial charge in [0, 0.05) is 36.3 Å². The maximum Gasteiger partial charge on any atom is 0.301 e. The van der Waals surface area contributed by atoms with Crippen LogP contribution in [0.1, 0.15) is 18.9 Å². The smallest absolute Gasteiger partial charge is 0.301 e. The summed E-state index contributed by atoms with van der Waals surface area (Å²) in [6.45, 7) is 5.89. The first-order valence-corrected chi connectivity index (χ1v) is 9.88. The first kappa shape index (κ1) is 19.7. The molecule has 3 heterocycles. The SMILES string of the molecule is CCN1CC(=CNc2nc3nc(-c4c(C)cc(Cl)cc4O)ccc3o2)C[C@H](F)C1. The third-order valence-corrected chi connectivity index (χ3v) is 5.22. The van der Waals surface area contributed by atoms with Gasteiger partial charge in [-0.1, -0.05) is 18.5 Å². The molecule has 29 heavy (non-hydrogen) atoms. The number of alkyl halides is 1. The molecule has 3 aromatic rings. The summed E-state index contributed by atoms with van der Waals surface area (Å²) in [5.41, 5.74) is 3.89. The van der Waals surface area contributed by atoms with Gasteiger partial charge in [-0.2, -0.15) is 4.98 Å². The summed E-state index contributed by atoms with van der Waals surface area (Å²) in [4.78, 5) is 10.9. The lowest BCUT2D eigenvalue weighted by atomic mass is 10.0. The average molecular weight is 417 g/mol. The van der Waals surface area contributed by atoms with E-state index in [-0.39, 0.29) is 5.75 Å². The quantitative estimate of drug-likeness (QED) is 0.629. The molecule has 6 nitrogen and oxygen atoms in total. The lowest BCUT2D eigenvalue weighted by molar-refractivity contribution is 0.176. The second-order valence-electron chi connectivity index (χ2n) is 7.23. The molecule has 1 saturated heterocycles. The predicted octanol–water partition coefficient (Wildman–Crippen LogP) is 4.92. The Morgan fingerprint density at radius 3 is 2.97 bits per heavy atom. The minimum atomic E-state index is -0.861. The van der Waals surface area contributed by atoms with Gasteiger partial charge in [0.25, 0.3) is 0 Å². The van der Waals surface area contributed by atoms with Crippen molar-refractivity contribution in [2.24, 2.45) is 0 Å². The highest BCUT2D eigenvalue weighted by Gasteiger charge is 2.21. The summed E-state index contributed by atoms with van der Waals surface area (Å²) >= 11 is 5.99. The minimum Gasteiger partial charge on any atom is -0.507 e. The van der Waals surface area contributed by atoms with E-state index >= 15 is 0 Å². The fourth-order valence-corrected chi connectivity index (χ4v) is 3.90. The zero-order valence-electron chi connectivity index (χ0n) is 16.2. The zero-order valence-corrected chi connectivity index (χ0v) is 17.0. The third kappa shape index (κ3) is 4.21. The van der Waals surface area contributed by atoms with E-state index < -0.39 is 6.17 Å². The van der Waals surface area contributed by atoms with Crippen molar-refractivity contribution in [1.29, 1.82) is 0 Å². The van der Waals surface area contributed by atoms with Crippen LogP contribution in [-0.4, -0.2) is 45.8 Å². The molecule has 1 fully saturated rings. The van der Waals surface area contributed by atoms with Crippen LogP contribution in [0, 0.1) is 6.92 Å². The summed E-state index contributed by atoms with van der Waals surface area (Å²) in [6, 6.07) is 7.07. The Kier molecular flexibility index (Phi) is 5.43. The molecular formula is C21H22ClFN4O2. The summed E-state index contributed by atoms with van der Waals surface area (Å²) < 4.78 is 19.6. The van der Waals surface area contributed by atoms with Crippen molar-refractivity contribution >= 4 is 28.8 Å². The first-order chi connectivity index (χ1) is 13.9. The Morgan fingerprint density at radius 1 is 1.38 bits per heavy atom. The highest BCUT2D eigenvalue weighted by Crippen LogP contribution is 2.35. The van der Waals surface area contributed by atoms with Crippen molar-refractivity contribution in [2.45, 2.75) is 26.4 Å². The maximum atomic E-state index is 13.9. The number of piperidine rings is 1. The second-order valence-corrected chi connectivity index (χ2v) is 7.67. The molecule has 0 unspecified atom stereocenters. The highest BCUT2D eigenvalue weighted by atomic mass is 35.5. The molecule has 1 aromatic carbocycles. The van der Waals surface area contributed by atoms with Gasteiger partial charge in [-0.3, -0.25) is 4.90 Å². The molecule has 0 spiro atoms. The number of nitrogens with one attached hydrogen (secondary N) is 1. The van der Waals surface area contributed by atoms with Gasteiger partial charge in [0.2, 0.25) is 5.65 Å². The second kappa shape index (κ2) is 8.00. The number of pyridine rings is 1. The lowest BCUT2D eigenvalue weighted by Gasteiger charge is -2.29.